The SMILES string of the molecule is CCOCC1CCCN(c2ccc(C(=O)N3CCc4ccccc43)cn2)C1. The van der Waals surface area contributed by atoms with Gasteiger partial charge in [-0.05, 0) is 55.9 Å². The number of rotatable bonds is 5. The van der Waals surface area contributed by atoms with E-state index in [1.54, 1.807) is 6.20 Å². The highest BCUT2D eigenvalue weighted by Gasteiger charge is 2.26. The van der Waals surface area contributed by atoms with Crippen LogP contribution in [0, 0.1) is 5.92 Å². The number of hydrogen-bond donors (Lipinski definition) is 0. The molecular weight excluding hydrogens is 338 g/mol. The molecule has 2 aliphatic heterocycles. The normalized spacial score (nSPS) is 19.2. The van der Waals surface area contributed by atoms with Crippen LogP contribution in [-0.2, 0) is 11.2 Å². The number of hydrogen-bond acceptors (Lipinski definition) is 4. The van der Waals surface area contributed by atoms with Crippen LogP contribution in [-0.4, -0.2) is 43.7 Å². The molecule has 1 saturated heterocycles. The van der Waals surface area contributed by atoms with E-state index in [1.165, 1.54) is 12.0 Å². The summed E-state index contributed by atoms with van der Waals surface area (Å²) in [4.78, 5) is 21.7. The highest BCUT2D eigenvalue weighted by molar-refractivity contribution is 6.07. The van der Waals surface area contributed by atoms with E-state index in [2.05, 4.69) is 16.0 Å². The van der Waals surface area contributed by atoms with Crippen LogP contribution in [0.1, 0.15) is 35.7 Å². The number of fused-ring (bicyclic) bond motifs is 1. The van der Waals surface area contributed by atoms with Crippen molar-refractivity contribution in [3.05, 3.63) is 53.7 Å². The average molecular weight is 365 g/mol. The molecule has 142 valence electrons. The molecule has 1 amide bonds. The maximum absolute atomic E-state index is 12.9. The summed E-state index contributed by atoms with van der Waals surface area (Å²) in [7, 11) is 0. The largest absolute Gasteiger partial charge is 0.381 e. The monoisotopic (exact) mass is 365 g/mol. The van der Waals surface area contributed by atoms with Crippen LogP contribution < -0.4 is 9.80 Å². The molecule has 0 saturated carbocycles. The molecule has 0 bridgehead atoms. The Morgan fingerprint density at radius 2 is 2.11 bits per heavy atom. The van der Waals surface area contributed by atoms with Gasteiger partial charge in [0.25, 0.3) is 5.91 Å². The summed E-state index contributed by atoms with van der Waals surface area (Å²) < 4.78 is 5.60. The number of anilines is 2. The molecule has 2 aliphatic rings. The predicted octanol–water partition coefficient (Wildman–Crippen LogP) is 3.54. The molecule has 1 aromatic carbocycles. The van der Waals surface area contributed by atoms with Gasteiger partial charge in [-0.2, -0.15) is 0 Å². The van der Waals surface area contributed by atoms with E-state index in [4.69, 9.17) is 4.74 Å². The van der Waals surface area contributed by atoms with Gasteiger partial charge in [0.15, 0.2) is 0 Å². The van der Waals surface area contributed by atoms with E-state index in [-0.39, 0.29) is 5.91 Å². The van der Waals surface area contributed by atoms with Crippen LogP contribution in [0.4, 0.5) is 11.5 Å². The molecular formula is C22H27N3O2. The first-order chi connectivity index (χ1) is 13.3. The quantitative estimate of drug-likeness (QED) is 0.813. The van der Waals surface area contributed by atoms with Crippen LogP contribution in [0.25, 0.3) is 0 Å². The number of ether oxygens (including phenoxy) is 1. The van der Waals surface area contributed by atoms with Gasteiger partial charge in [-0.3, -0.25) is 4.79 Å². The smallest absolute Gasteiger partial charge is 0.259 e. The predicted molar refractivity (Wildman–Crippen MR) is 107 cm³/mol. The van der Waals surface area contributed by atoms with E-state index in [0.717, 1.165) is 57.2 Å². The van der Waals surface area contributed by atoms with Gasteiger partial charge in [0, 0.05) is 38.1 Å². The van der Waals surface area contributed by atoms with E-state index in [1.807, 2.05) is 42.2 Å². The highest BCUT2D eigenvalue weighted by atomic mass is 16.5. The summed E-state index contributed by atoms with van der Waals surface area (Å²) in [6.07, 6.45) is 5.01. The van der Waals surface area contributed by atoms with Gasteiger partial charge in [0.1, 0.15) is 5.82 Å². The van der Waals surface area contributed by atoms with Gasteiger partial charge in [0.05, 0.1) is 12.2 Å². The van der Waals surface area contributed by atoms with Crippen molar-refractivity contribution in [1.82, 2.24) is 4.98 Å². The van der Waals surface area contributed by atoms with Crippen molar-refractivity contribution in [2.24, 2.45) is 5.92 Å². The Kier molecular flexibility index (Phi) is 5.39. The summed E-state index contributed by atoms with van der Waals surface area (Å²) in [6.45, 7) is 6.35. The second kappa shape index (κ2) is 8.09. The number of amides is 1. The van der Waals surface area contributed by atoms with Crippen LogP contribution in [0.2, 0.25) is 0 Å². The number of piperidine rings is 1. The van der Waals surface area contributed by atoms with Gasteiger partial charge in [-0.25, -0.2) is 4.98 Å². The topological polar surface area (TPSA) is 45.7 Å². The first kappa shape index (κ1) is 18.0. The summed E-state index contributed by atoms with van der Waals surface area (Å²) >= 11 is 0. The van der Waals surface area contributed by atoms with E-state index >= 15 is 0 Å². The Morgan fingerprint density at radius 1 is 1.22 bits per heavy atom. The Bertz CT molecular complexity index is 790. The molecule has 1 unspecified atom stereocenters. The number of pyridine rings is 1. The maximum Gasteiger partial charge on any atom is 0.259 e. The van der Waals surface area contributed by atoms with Crippen molar-refractivity contribution in [2.75, 3.05) is 42.6 Å². The van der Waals surface area contributed by atoms with E-state index < -0.39 is 0 Å². The zero-order valence-corrected chi connectivity index (χ0v) is 15.9. The van der Waals surface area contributed by atoms with Gasteiger partial charge < -0.3 is 14.5 Å². The third kappa shape index (κ3) is 3.83. The van der Waals surface area contributed by atoms with Crippen molar-refractivity contribution in [1.29, 1.82) is 0 Å². The minimum absolute atomic E-state index is 0.0341. The molecule has 1 atom stereocenters. The second-order valence-corrected chi connectivity index (χ2v) is 7.35. The fourth-order valence-corrected chi connectivity index (χ4v) is 4.10. The molecule has 1 aromatic heterocycles. The van der Waals surface area contributed by atoms with Crippen LogP contribution in [0.3, 0.4) is 0 Å². The summed E-state index contributed by atoms with van der Waals surface area (Å²) in [5, 5.41) is 0. The number of carbonyl (C=O) groups is 1. The minimum atomic E-state index is 0.0341. The molecule has 0 aliphatic carbocycles. The van der Waals surface area contributed by atoms with E-state index in [9.17, 15) is 4.79 Å². The number of para-hydroxylation sites is 1. The number of benzene rings is 1. The van der Waals surface area contributed by atoms with Crippen molar-refractivity contribution < 1.29 is 9.53 Å². The lowest BCUT2D eigenvalue weighted by Gasteiger charge is -2.33. The minimum Gasteiger partial charge on any atom is -0.381 e. The molecule has 3 heterocycles. The zero-order chi connectivity index (χ0) is 18.6. The van der Waals surface area contributed by atoms with Crippen LogP contribution >= 0.6 is 0 Å². The van der Waals surface area contributed by atoms with Crippen LogP contribution in [0.5, 0.6) is 0 Å². The van der Waals surface area contributed by atoms with Gasteiger partial charge in [-0.1, -0.05) is 18.2 Å². The molecule has 0 radical (unpaired) electrons. The van der Waals surface area contributed by atoms with Gasteiger partial charge >= 0.3 is 0 Å². The highest BCUT2D eigenvalue weighted by Crippen LogP contribution is 2.29. The number of carbonyl (C=O) groups excluding carboxylic acids is 1. The third-order valence-corrected chi connectivity index (χ3v) is 5.53. The maximum atomic E-state index is 12.9. The standard InChI is InChI=1S/C22H27N3O2/c1-2-27-16-17-6-5-12-24(15-17)21-10-9-19(14-23-21)22(26)25-13-11-18-7-3-4-8-20(18)25/h3-4,7-10,14,17H,2,5-6,11-13,15-16H2,1H3. The van der Waals surface area contributed by atoms with Crippen LogP contribution in [0.15, 0.2) is 42.6 Å². The van der Waals surface area contributed by atoms with Gasteiger partial charge in [0.2, 0.25) is 0 Å². The summed E-state index contributed by atoms with van der Waals surface area (Å²) in [5.74, 6) is 1.55. The number of aromatic nitrogens is 1. The molecule has 0 spiro atoms. The van der Waals surface area contributed by atoms with E-state index in [0.29, 0.717) is 11.5 Å². The molecule has 27 heavy (non-hydrogen) atoms. The van der Waals surface area contributed by atoms with Crippen molar-refractivity contribution in [3.8, 4) is 0 Å². The first-order valence-corrected chi connectivity index (χ1v) is 9.94. The average Bonchev–Trinajstić information content (AvgIpc) is 3.16. The molecule has 0 N–H and O–H groups in total. The molecule has 1 fully saturated rings. The Morgan fingerprint density at radius 3 is 2.93 bits per heavy atom. The molecule has 5 nitrogen and oxygen atoms in total. The lowest BCUT2D eigenvalue weighted by Crippen LogP contribution is -2.37. The summed E-state index contributed by atoms with van der Waals surface area (Å²) in [6, 6.07) is 12.0. The number of nitrogens with zero attached hydrogens (tertiary/aromatic N) is 3. The van der Waals surface area contributed by atoms with Crippen molar-refractivity contribution in [3.63, 3.8) is 0 Å². The molecule has 2 aromatic rings. The zero-order valence-electron chi connectivity index (χ0n) is 15.9. The molecule has 4 rings (SSSR count). The Hall–Kier alpha value is -2.40. The third-order valence-electron chi connectivity index (χ3n) is 5.53. The Labute approximate surface area is 161 Å². The second-order valence-electron chi connectivity index (χ2n) is 7.35. The fourth-order valence-electron chi connectivity index (χ4n) is 4.10. The lowest BCUT2D eigenvalue weighted by molar-refractivity contribution is 0.0989. The fraction of sp³-hybridized carbons (Fsp3) is 0.455. The van der Waals surface area contributed by atoms with Crippen molar-refractivity contribution in [2.45, 2.75) is 26.2 Å². The van der Waals surface area contributed by atoms with Crippen molar-refractivity contribution >= 4 is 17.4 Å². The summed E-state index contributed by atoms with van der Waals surface area (Å²) in [5.41, 5.74) is 2.92. The van der Waals surface area contributed by atoms with Gasteiger partial charge in [-0.15, -0.1) is 0 Å². The Balaban J connectivity index is 1.44. The first-order valence-electron chi connectivity index (χ1n) is 9.94. The lowest BCUT2D eigenvalue weighted by atomic mass is 9.99. The molecule has 5 heteroatoms.